The second kappa shape index (κ2) is 7.30. The summed E-state index contributed by atoms with van der Waals surface area (Å²) in [5.74, 6) is 6.00. The van der Waals surface area contributed by atoms with Crippen molar-refractivity contribution in [2.45, 2.75) is 50.3 Å². The summed E-state index contributed by atoms with van der Waals surface area (Å²) >= 11 is 4.38. The van der Waals surface area contributed by atoms with Gasteiger partial charge in [-0.25, -0.2) is 0 Å². The van der Waals surface area contributed by atoms with Crippen molar-refractivity contribution in [3.63, 3.8) is 0 Å². The van der Waals surface area contributed by atoms with E-state index in [1.54, 1.807) is 0 Å². The molecule has 100 valence electrons. The first-order chi connectivity index (χ1) is 8.36. The fourth-order valence-corrected chi connectivity index (χ4v) is 6.59. The number of hydrogen-bond donors (Lipinski definition) is 1. The maximum absolute atomic E-state index is 3.67. The van der Waals surface area contributed by atoms with Crippen molar-refractivity contribution in [1.29, 1.82) is 0 Å². The molecule has 1 heterocycles. The van der Waals surface area contributed by atoms with E-state index in [-0.39, 0.29) is 0 Å². The molecule has 0 aromatic heterocycles. The Labute approximate surface area is 115 Å². The van der Waals surface area contributed by atoms with Crippen LogP contribution in [0.25, 0.3) is 0 Å². The Bertz CT molecular complexity index is 216. The predicted octanol–water partition coefficient (Wildman–Crippen LogP) is 3.64. The first kappa shape index (κ1) is 14.1. The van der Waals surface area contributed by atoms with Gasteiger partial charge in [0.05, 0.1) is 0 Å². The van der Waals surface area contributed by atoms with Crippen molar-refractivity contribution in [2.75, 3.05) is 24.3 Å². The molecule has 0 aromatic carbocycles. The summed E-state index contributed by atoms with van der Waals surface area (Å²) in [4.78, 5) is 0. The SMILES string of the molecule is CCC1CCCCC1C(NC)C1CSCCS1. The number of hydrogen-bond acceptors (Lipinski definition) is 3. The number of thioether (sulfide) groups is 2. The monoisotopic (exact) mass is 273 g/mol. The fourth-order valence-electron chi connectivity index (χ4n) is 3.61. The molecular weight excluding hydrogens is 246 g/mol. The van der Waals surface area contributed by atoms with E-state index in [2.05, 4.69) is 42.8 Å². The lowest BCUT2D eigenvalue weighted by atomic mass is 9.73. The molecule has 1 aliphatic carbocycles. The van der Waals surface area contributed by atoms with Crippen LogP contribution < -0.4 is 5.32 Å². The molecule has 2 fully saturated rings. The summed E-state index contributed by atoms with van der Waals surface area (Å²) < 4.78 is 0. The maximum Gasteiger partial charge on any atom is 0.0294 e. The average molecular weight is 274 g/mol. The van der Waals surface area contributed by atoms with Gasteiger partial charge < -0.3 is 5.32 Å². The Balaban J connectivity index is 1.99. The van der Waals surface area contributed by atoms with Gasteiger partial charge in [0.2, 0.25) is 0 Å². The van der Waals surface area contributed by atoms with E-state index in [1.807, 2.05) is 0 Å². The lowest BCUT2D eigenvalue weighted by Gasteiger charge is -2.41. The molecule has 0 spiro atoms. The maximum atomic E-state index is 3.67. The highest BCUT2D eigenvalue weighted by atomic mass is 32.2. The molecular formula is C14H27NS2. The molecule has 1 nitrogen and oxygen atoms in total. The van der Waals surface area contributed by atoms with Gasteiger partial charge in [-0.3, -0.25) is 0 Å². The molecule has 4 atom stereocenters. The zero-order chi connectivity index (χ0) is 12.1. The Morgan fingerprint density at radius 3 is 2.71 bits per heavy atom. The van der Waals surface area contributed by atoms with Crippen molar-refractivity contribution in [3.8, 4) is 0 Å². The number of nitrogens with one attached hydrogen (secondary N) is 1. The van der Waals surface area contributed by atoms with Crippen LogP contribution in [0.1, 0.15) is 39.0 Å². The molecule has 4 unspecified atom stereocenters. The minimum Gasteiger partial charge on any atom is -0.316 e. The Morgan fingerprint density at radius 1 is 1.24 bits per heavy atom. The highest BCUT2D eigenvalue weighted by Gasteiger charge is 2.35. The molecule has 0 amide bonds. The molecule has 1 aliphatic heterocycles. The average Bonchev–Trinajstić information content (AvgIpc) is 2.41. The molecule has 2 aliphatic rings. The van der Waals surface area contributed by atoms with Gasteiger partial charge in [0.25, 0.3) is 0 Å². The van der Waals surface area contributed by atoms with Gasteiger partial charge in [-0.15, -0.1) is 0 Å². The Kier molecular flexibility index (Phi) is 6.04. The molecule has 0 aromatic rings. The topological polar surface area (TPSA) is 12.0 Å². The zero-order valence-electron chi connectivity index (χ0n) is 11.3. The lowest BCUT2D eigenvalue weighted by Crippen LogP contribution is -2.47. The quantitative estimate of drug-likeness (QED) is 0.840. The van der Waals surface area contributed by atoms with Crippen molar-refractivity contribution in [2.24, 2.45) is 11.8 Å². The minimum atomic E-state index is 0.762. The molecule has 1 N–H and O–H groups in total. The summed E-state index contributed by atoms with van der Waals surface area (Å²) in [5.41, 5.74) is 0. The van der Waals surface area contributed by atoms with Gasteiger partial charge in [0.1, 0.15) is 0 Å². The van der Waals surface area contributed by atoms with Gasteiger partial charge >= 0.3 is 0 Å². The first-order valence-corrected chi connectivity index (χ1v) is 9.43. The summed E-state index contributed by atoms with van der Waals surface area (Å²) in [6, 6.07) is 0.762. The second-order valence-corrected chi connectivity index (χ2v) is 7.91. The van der Waals surface area contributed by atoms with Crippen LogP contribution in [0.5, 0.6) is 0 Å². The van der Waals surface area contributed by atoms with Crippen LogP contribution in [-0.2, 0) is 0 Å². The normalized spacial score (nSPS) is 36.7. The lowest BCUT2D eigenvalue weighted by molar-refractivity contribution is 0.180. The van der Waals surface area contributed by atoms with E-state index in [1.165, 1.54) is 49.4 Å². The Morgan fingerprint density at radius 2 is 2.06 bits per heavy atom. The third-order valence-electron chi connectivity index (χ3n) is 4.53. The van der Waals surface area contributed by atoms with E-state index in [0.717, 1.165) is 23.1 Å². The summed E-state index contributed by atoms with van der Waals surface area (Å²) in [5, 5.41) is 4.53. The van der Waals surface area contributed by atoms with E-state index in [4.69, 9.17) is 0 Å². The van der Waals surface area contributed by atoms with Gasteiger partial charge in [0, 0.05) is 28.6 Å². The van der Waals surface area contributed by atoms with Crippen molar-refractivity contribution < 1.29 is 0 Å². The summed E-state index contributed by atoms with van der Waals surface area (Å²) in [7, 11) is 2.19. The Hall–Kier alpha value is 0.660. The van der Waals surface area contributed by atoms with E-state index >= 15 is 0 Å². The van der Waals surface area contributed by atoms with Crippen molar-refractivity contribution in [3.05, 3.63) is 0 Å². The molecule has 2 rings (SSSR count). The van der Waals surface area contributed by atoms with Crippen LogP contribution in [0.2, 0.25) is 0 Å². The molecule has 1 saturated heterocycles. The van der Waals surface area contributed by atoms with Gasteiger partial charge in [-0.1, -0.05) is 32.6 Å². The zero-order valence-corrected chi connectivity index (χ0v) is 12.9. The minimum absolute atomic E-state index is 0.762. The fraction of sp³-hybridized carbons (Fsp3) is 1.00. The summed E-state index contributed by atoms with van der Waals surface area (Å²) in [6.07, 6.45) is 7.25. The van der Waals surface area contributed by atoms with Crippen LogP contribution >= 0.6 is 23.5 Å². The van der Waals surface area contributed by atoms with Gasteiger partial charge in [-0.2, -0.15) is 23.5 Å². The first-order valence-electron chi connectivity index (χ1n) is 7.23. The third kappa shape index (κ3) is 3.57. The van der Waals surface area contributed by atoms with Crippen molar-refractivity contribution in [1.82, 2.24) is 5.32 Å². The van der Waals surface area contributed by atoms with Crippen LogP contribution in [0.3, 0.4) is 0 Å². The highest BCUT2D eigenvalue weighted by Crippen LogP contribution is 2.39. The van der Waals surface area contributed by atoms with Gasteiger partial charge in [-0.05, 0) is 25.3 Å². The standard InChI is InChI=1S/C14H27NS2/c1-3-11-6-4-5-7-12(11)14(15-2)13-10-16-8-9-17-13/h11-15H,3-10H2,1-2H3. The van der Waals surface area contributed by atoms with Crippen LogP contribution in [0.4, 0.5) is 0 Å². The molecule has 17 heavy (non-hydrogen) atoms. The second-order valence-electron chi connectivity index (χ2n) is 5.42. The third-order valence-corrected chi connectivity index (χ3v) is 7.41. The smallest absolute Gasteiger partial charge is 0.0294 e. The van der Waals surface area contributed by atoms with Gasteiger partial charge in [0.15, 0.2) is 0 Å². The van der Waals surface area contributed by atoms with E-state index in [9.17, 15) is 0 Å². The predicted molar refractivity (Wildman–Crippen MR) is 82.2 cm³/mol. The van der Waals surface area contributed by atoms with Crippen molar-refractivity contribution >= 4 is 23.5 Å². The highest BCUT2D eigenvalue weighted by molar-refractivity contribution is 8.06. The van der Waals surface area contributed by atoms with E-state index in [0.29, 0.717) is 0 Å². The van der Waals surface area contributed by atoms with Crippen LogP contribution in [0, 0.1) is 11.8 Å². The molecule has 0 bridgehead atoms. The van der Waals surface area contributed by atoms with Crippen LogP contribution in [-0.4, -0.2) is 35.6 Å². The largest absolute Gasteiger partial charge is 0.316 e. The summed E-state index contributed by atoms with van der Waals surface area (Å²) in [6.45, 7) is 2.39. The molecule has 0 radical (unpaired) electrons. The number of rotatable bonds is 4. The molecule has 3 heteroatoms. The molecule has 1 saturated carbocycles. The van der Waals surface area contributed by atoms with E-state index < -0.39 is 0 Å². The van der Waals surface area contributed by atoms with Crippen LogP contribution in [0.15, 0.2) is 0 Å².